The van der Waals surface area contributed by atoms with Crippen LogP contribution >= 0.6 is 0 Å². The molecular formula is C26H26N8. The summed E-state index contributed by atoms with van der Waals surface area (Å²) in [6.07, 6.45) is 15.1. The molecule has 2 N–H and O–H groups in total. The van der Waals surface area contributed by atoms with Crippen molar-refractivity contribution in [3.05, 3.63) is 54.7 Å². The second-order valence-corrected chi connectivity index (χ2v) is 10.4. The Morgan fingerprint density at radius 2 is 1.82 bits per heavy atom. The van der Waals surface area contributed by atoms with E-state index >= 15 is 0 Å². The van der Waals surface area contributed by atoms with Crippen molar-refractivity contribution in [2.75, 3.05) is 4.90 Å². The molecular weight excluding hydrogens is 424 g/mol. The van der Waals surface area contributed by atoms with E-state index in [1.54, 1.807) is 15.4 Å². The Bertz CT molecular complexity index is 1440. The van der Waals surface area contributed by atoms with E-state index in [1.807, 2.05) is 31.8 Å². The van der Waals surface area contributed by atoms with Gasteiger partial charge in [-0.1, -0.05) is 0 Å². The topological polar surface area (TPSA) is 101 Å². The summed E-state index contributed by atoms with van der Waals surface area (Å²) in [7, 11) is 1.90. The highest BCUT2D eigenvalue weighted by Gasteiger charge is 2.53. The van der Waals surface area contributed by atoms with Crippen molar-refractivity contribution in [3.63, 3.8) is 0 Å². The minimum absolute atomic E-state index is 0.0288. The van der Waals surface area contributed by atoms with Gasteiger partial charge in [0.15, 0.2) is 0 Å². The standard InChI is InChI=1S/C26H26N8/c1-32-14-20(13-30-32)18-6-23(25-19(10-27)12-31-33(25)15-18)17-2-3-24(29-11-17)34-21-4-16-5-22(34)9-26(28,7-16)8-21/h2-3,6,11-16,21-22H,4-5,7-9,28H2,1H3/t16?,21-,22+,26?. The molecule has 8 nitrogen and oxygen atoms in total. The van der Waals surface area contributed by atoms with Gasteiger partial charge in [-0.05, 0) is 56.2 Å². The molecule has 2 saturated heterocycles. The first-order chi connectivity index (χ1) is 16.5. The van der Waals surface area contributed by atoms with E-state index < -0.39 is 0 Å². The lowest BCUT2D eigenvalue weighted by Gasteiger charge is -2.60. The fourth-order valence-corrected chi connectivity index (χ4v) is 6.91. The molecule has 0 spiro atoms. The lowest BCUT2D eigenvalue weighted by Crippen LogP contribution is -2.67. The number of piperidine rings is 2. The van der Waals surface area contributed by atoms with E-state index in [1.165, 1.54) is 19.3 Å². The van der Waals surface area contributed by atoms with Crippen LogP contribution in [0.4, 0.5) is 5.82 Å². The molecule has 6 heterocycles. The van der Waals surface area contributed by atoms with Crippen molar-refractivity contribution in [1.82, 2.24) is 24.4 Å². The van der Waals surface area contributed by atoms with Crippen LogP contribution in [0.3, 0.4) is 0 Å². The summed E-state index contributed by atoms with van der Waals surface area (Å²) >= 11 is 0. The van der Waals surface area contributed by atoms with Gasteiger partial charge >= 0.3 is 0 Å². The number of nitrogens with two attached hydrogens (primary N) is 1. The Balaban J connectivity index is 1.30. The zero-order chi connectivity index (χ0) is 23.0. The second-order valence-electron chi connectivity index (χ2n) is 10.4. The number of aromatic nitrogens is 5. The van der Waals surface area contributed by atoms with Crippen LogP contribution in [0.2, 0.25) is 0 Å². The summed E-state index contributed by atoms with van der Waals surface area (Å²) in [6.45, 7) is 0. The summed E-state index contributed by atoms with van der Waals surface area (Å²) in [4.78, 5) is 7.47. The molecule has 8 heteroatoms. The molecule has 0 aromatic carbocycles. The van der Waals surface area contributed by atoms with E-state index in [2.05, 4.69) is 39.4 Å². The summed E-state index contributed by atoms with van der Waals surface area (Å²) < 4.78 is 3.57. The van der Waals surface area contributed by atoms with Crippen LogP contribution in [-0.2, 0) is 7.05 Å². The van der Waals surface area contributed by atoms with Crippen LogP contribution in [0.1, 0.15) is 37.7 Å². The Morgan fingerprint density at radius 3 is 2.47 bits per heavy atom. The normalized spacial score (nSPS) is 27.4. The predicted octanol–water partition coefficient (Wildman–Crippen LogP) is 3.52. The third-order valence-corrected chi connectivity index (χ3v) is 8.07. The first-order valence-corrected chi connectivity index (χ1v) is 11.9. The molecule has 34 heavy (non-hydrogen) atoms. The summed E-state index contributed by atoms with van der Waals surface area (Å²) in [5, 5.41) is 18.4. The van der Waals surface area contributed by atoms with Gasteiger partial charge in [0.05, 0.1) is 23.5 Å². The number of pyridine rings is 2. The third kappa shape index (κ3) is 2.90. The largest absolute Gasteiger partial charge is 0.350 e. The third-order valence-electron chi connectivity index (χ3n) is 8.07. The van der Waals surface area contributed by atoms with Gasteiger partial charge in [0.25, 0.3) is 0 Å². The smallest absolute Gasteiger partial charge is 0.129 e. The summed E-state index contributed by atoms with van der Waals surface area (Å²) in [5.41, 5.74) is 12.0. The van der Waals surface area contributed by atoms with Crippen LogP contribution in [-0.4, -0.2) is 42.0 Å². The van der Waals surface area contributed by atoms with E-state index in [0.717, 1.165) is 52.3 Å². The van der Waals surface area contributed by atoms with Gasteiger partial charge in [-0.25, -0.2) is 9.50 Å². The van der Waals surface area contributed by atoms with Gasteiger partial charge in [0, 0.05) is 65.5 Å². The molecule has 2 saturated carbocycles. The zero-order valence-corrected chi connectivity index (χ0v) is 19.1. The molecule has 2 aliphatic heterocycles. The monoisotopic (exact) mass is 450 g/mol. The first kappa shape index (κ1) is 19.7. The maximum atomic E-state index is 9.69. The average molecular weight is 451 g/mol. The number of nitrogens with zero attached hydrogens (tertiary/aromatic N) is 7. The number of aryl methyl sites for hydroxylation is 1. The molecule has 2 unspecified atom stereocenters. The summed E-state index contributed by atoms with van der Waals surface area (Å²) in [5.74, 6) is 1.81. The zero-order valence-electron chi connectivity index (χ0n) is 19.1. The Labute approximate surface area is 197 Å². The van der Waals surface area contributed by atoms with E-state index in [9.17, 15) is 5.26 Å². The number of hydrogen-bond donors (Lipinski definition) is 1. The molecule has 2 aliphatic carbocycles. The van der Waals surface area contributed by atoms with Gasteiger partial charge in [-0.2, -0.15) is 15.5 Å². The molecule has 0 amide bonds. The van der Waals surface area contributed by atoms with Crippen LogP contribution in [0.5, 0.6) is 0 Å². The van der Waals surface area contributed by atoms with Gasteiger partial charge in [-0.3, -0.25) is 4.68 Å². The molecule has 170 valence electrons. The molecule has 4 bridgehead atoms. The van der Waals surface area contributed by atoms with Crippen molar-refractivity contribution in [1.29, 1.82) is 5.26 Å². The summed E-state index contributed by atoms with van der Waals surface area (Å²) in [6, 6.07) is 9.64. The molecule has 8 rings (SSSR count). The van der Waals surface area contributed by atoms with Crippen molar-refractivity contribution in [2.45, 2.75) is 49.7 Å². The van der Waals surface area contributed by atoms with Crippen LogP contribution in [0, 0.1) is 17.2 Å². The molecule has 4 atom stereocenters. The first-order valence-electron chi connectivity index (χ1n) is 11.9. The number of nitriles is 1. The van der Waals surface area contributed by atoms with Crippen molar-refractivity contribution in [3.8, 4) is 28.3 Å². The van der Waals surface area contributed by atoms with Gasteiger partial charge in [0.1, 0.15) is 11.9 Å². The van der Waals surface area contributed by atoms with E-state index in [-0.39, 0.29) is 5.54 Å². The molecule has 0 radical (unpaired) electrons. The second kappa shape index (κ2) is 6.90. The fourth-order valence-electron chi connectivity index (χ4n) is 6.91. The molecule has 4 aromatic heterocycles. The van der Waals surface area contributed by atoms with Crippen LogP contribution < -0.4 is 10.6 Å². The minimum atomic E-state index is 0.0288. The number of anilines is 1. The van der Waals surface area contributed by atoms with Crippen molar-refractivity contribution >= 4 is 11.3 Å². The molecule has 4 aliphatic rings. The van der Waals surface area contributed by atoms with Gasteiger partial charge < -0.3 is 10.6 Å². The molecule has 4 aromatic rings. The molecule has 4 fully saturated rings. The Hall–Kier alpha value is -3.70. The Kier molecular flexibility index (Phi) is 4.01. The highest BCUT2D eigenvalue weighted by molar-refractivity contribution is 5.87. The maximum Gasteiger partial charge on any atom is 0.129 e. The number of hydrogen-bond acceptors (Lipinski definition) is 6. The Morgan fingerprint density at radius 1 is 1.00 bits per heavy atom. The SMILES string of the molecule is Cn1cc(-c2cc(-c3ccc(N4[C@@H]5CC6C[C@H]4CC(N)(C6)C5)nc3)c3c(C#N)cnn3c2)cn1. The predicted molar refractivity (Wildman–Crippen MR) is 129 cm³/mol. The van der Waals surface area contributed by atoms with Gasteiger partial charge in [0.2, 0.25) is 0 Å². The van der Waals surface area contributed by atoms with Crippen molar-refractivity contribution < 1.29 is 0 Å². The lowest BCUT2D eigenvalue weighted by atomic mass is 9.60. The minimum Gasteiger partial charge on any atom is -0.350 e. The van der Waals surface area contributed by atoms with Crippen LogP contribution in [0.15, 0.2) is 49.2 Å². The quantitative estimate of drug-likeness (QED) is 0.513. The number of fused-ring (bicyclic) bond motifs is 1. The van der Waals surface area contributed by atoms with Crippen molar-refractivity contribution in [2.24, 2.45) is 18.7 Å². The van der Waals surface area contributed by atoms with Gasteiger partial charge in [-0.15, -0.1) is 0 Å². The highest BCUT2D eigenvalue weighted by Crippen LogP contribution is 2.51. The lowest BCUT2D eigenvalue weighted by molar-refractivity contribution is 0.0648. The number of rotatable bonds is 3. The van der Waals surface area contributed by atoms with Crippen LogP contribution in [0.25, 0.3) is 27.8 Å². The van der Waals surface area contributed by atoms with E-state index in [4.69, 9.17) is 10.7 Å². The highest BCUT2D eigenvalue weighted by atomic mass is 15.3. The maximum absolute atomic E-state index is 9.69. The average Bonchev–Trinajstić information content (AvgIpc) is 3.43. The van der Waals surface area contributed by atoms with E-state index in [0.29, 0.717) is 17.6 Å². The fraction of sp³-hybridized carbons (Fsp3) is 0.385.